The van der Waals surface area contributed by atoms with E-state index in [0.29, 0.717) is 30.9 Å². The van der Waals surface area contributed by atoms with Gasteiger partial charge in [0.25, 0.3) is 5.91 Å². The second-order valence-corrected chi connectivity index (χ2v) is 8.17. The molecule has 0 radical (unpaired) electrons. The first-order valence-electron chi connectivity index (χ1n) is 9.66. The molecule has 3 aromatic rings. The minimum Gasteiger partial charge on any atom is -0.335 e. The summed E-state index contributed by atoms with van der Waals surface area (Å²) in [5.41, 5.74) is -2.04. The van der Waals surface area contributed by atoms with E-state index in [0.717, 1.165) is 37.2 Å². The fourth-order valence-corrected chi connectivity index (χ4v) is 4.19. The van der Waals surface area contributed by atoms with Crippen LogP contribution in [0.2, 0.25) is 0 Å². The van der Waals surface area contributed by atoms with Crippen molar-refractivity contribution in [3.05, 3.63) is 63.9 Å². The average Bonchev–Trinajstić information content (AvgIpc) is 3.42. The molecule has 2 aromatic heterocycles. The Bertz CT molecular complexity index is 1030. The second kappa shape index (κ2) is 8.75. The van der Waals surface area contributed by atoms with Crippen LogP contribution in [0.3, 0.4) is 0 Å². The molecule has 0 bridgehead atoms. The Labute approximate surface area is 179 Å². The van der Waals surface area contributed by atoms with Crippen LogP contribution < -0.4 is 0 Å². The molecule has 3 heterocycles. The van der Waals surface area contributed by atoms with Crippen molar-refractivity contribution in [1.82, 2.24) is 24.8 Å². The molecular formula is C20H19F4N5OS. The predicted molar refractivity (Wildman–Crippen MR) is 107 cm³/mol. The summed E-state index contributed by atoms with van der Waals surface area (Å²) in [6.45, 7) is 2.60. The summed E-state index contributed by atoms with van der Waals surface area (Å²) in [6.07, 6.45) is -3.96. The van der Waals surface area contributed by atoms with Gasteiger partial charge in [0.15, 0.2) is 11.4 Å². The van der Waals surface area contributed by atoms with E-state index in [2.05, 4.69) is 21.3 Å². The number of amides is 1. The lowest BCUT2D eigenvalue weighted by atomic mass is 10.2. The number of rotatable bonds is 5. The van der Waals surface area contributed by atoms with Crippen molar-refractivity contribution in [3.63, 3.8) is 0 Å². The van der Waals surface area contributed by atoms with E-state index in [1.54, 1.807) is 11.3 Å². The lowest BCUT2D eigenvalue weighted by Crippen LogP contribution is -2.49. The van der Waals surface area contributed by atoms with Crippen LogP contribution in [0.15, 0.2) is 41.8 Å². The number of aromatic nitrogens is 3. The van der Waals surface area contributed by atoms with Crippen molar-refractivity contribution in [2.45, 2.75) is 12.6 Å². The lowest BCUT2D eigenvalue weighted by Gasteiger charge is -2.34. The Balaban J connectivity index is 1.48. The largest absolute Gasteiger partial charge is 0.435 e. The first-order chi connectivity index (χ1) is 14.8. The third kappa shape index (κ3) is 4.77. The molecule has 1 aliphatic rings. The topological polar surface area (TPSA) is 54.3 Å². The molecule has 164 valence electrons. The molecule has 31 heavy (non-hydrogen) atoms. The van der Waals surface area contributed by atoms with Gasteiger partial charge in [-0.15, -0.1) is 16.4 Å². The van der Waals surface area contributed by atoms with Crippen LogP contribution in [0.1, 0.15) is 21.1 Å². The van der Waals surface area contributed by atoms with Crippen molar-refractivity contribution < 1.29 is 22.4 Å². The molecule has 1 saturated heterocycles. The Morgan fingerprint density at radius 1 is 1.06 bits per heavy atom. The van der Waals surface area contributed by atoms with Crippen LogP contribution in [0.5, 0.6) is 0 Å². The van der Waals surface area contributed by atoms with E-state index in [4.69, 9.17) is 0 Å². The number of alkyl halides is 3. The maximum atomic E-state index is 13.8. The number of thiophene rings is 1. The van der Waals surface area contributed by atoms with E-state index in [9.17, 15) is 22.4 Å². The summed E-state index contributed by atoms with van der Waals surface area (Å²) in [5.74, 6) is -1.40. The van der Waals surface area contributed by atoms with Crippen molar-refractivity contribution in [1.29, 1.82) is 0 Å². The molecule has 0 spiro atoms. The Kier molecular flexibility index (Phi) is 6.05. The molecule has 0 saturated carbocycles. The van der Waals surface area contributed by atoms with Gasteiger partial charge in [-0.3, -0.25) is 9.69 Å². The molecule has 0 N–H and O–H groups in total. The molecule has 1 amide bonds. The molecule has 6 nitrogen and oxygen atoms in total. The number of benzene rings is 1. The zero-order valence-corrected chi connectivity index (χ0v) is 17.2. The summed E-state index contributed by atoms with van der Waals surface area (Å²) in [4.78, 5) is 17.7. The number of carbonyl (C=O) groups is 1. The number of hydrogen-bond acceptors (Lipinski definition) is 5. The number of carbonyl (C=O) groups excluding carboxylic acids is 1. The van der Waals surface area contributed by atoms with Gasteiger partial charge in [-0.05, 0) is 42.1 Å². The summed E-state index contributed by atoms with van der Waals surface area (Å²) >= 11 is 1.68. The van der Waals surface area contributed by atoms with E-state index < -0.39 is 29.3 Å². The Morgan fingerprint density at radius 2 is 1.77 bits per heavy atom. The molecule has 0 aliphatic carbocycles. The highest BCUT2D eigenvalue weighted by atomic mass is 32.1. The fraction of sp³-hybridized carbons (Fsp3) is 0.350. The Hall–Kier alpha value is -2.79. The molecule has 1 fully saturated rings. The molecule has 11 heteroatoms. The highest BCUT2D eigenvalue weighted by Crippen LogP contribution is 2.33. The van der Waals surface area contributed by atoms with Crippen LogP contribution in [0, 0.1) is 5.82 Å². The zero-order chi connectivity index (χ0) is 22.0. The Morgan fingerprint density at radius 3 is 2.39 bits per heavy atom. The quantitative estimate of drug-likeness (QED) is 0.555. The summed E-state index contributed by atoms with van der Waals surface area (Å²) in [6, 6.07) is 8.41. The van der Waals surface area contributed by atoms with Gasteiger partial charge in [-0.1, -0.05) is 11.3 Å². The van der Waals surface area contributed by atoms with E-state index >= 15 is 0 Å². The van der Waals surface area contributed by atoms with Crippen LogP contribution in [0.4, 0.5) is 17.6 Å². The standard InChI is InChI=1S/C20H19F4N5OS/c21-14-3-5-15(6-4-14)29-18(20(22,23)24)17(25-26-29)19(30)28-11-9-27(10-12-28)8-7-16-2-1-13-31-16/h1-6,13H,7-12H2. The number of halogens is 4. The third-order valence-corrected chi connectivity index (χ3v) is 6.06. The minimum absolute atomic E-state index is 0.0290. The second-order valence-electron chi connectivity index (χ2n) is 7.14. The monoisotopic (exact) mass is 453 g/mol. The normalized spacial score (nSPS) is 15.4. The van der Waals surface area contributed by atoms with Crippen molar-refractivity contribution in [2.24, 2.45) is 0 Å². The lowest BCUT2D eigenvalue weighted by molar-refractivity contribution is -0.143. The SMILES string of the molecule is O=C(c1nnn(-c2ccc(F)cc2)c1C(F)(F)F)N1CCN(CCc2cccs2)CC1. The van der Waals surface area contributed by atoms with Gasteiger partial charge < -0.3 is 4.90 Å². The number of nitrogens with zero attached hydrogens (tertiary/aromatic N) is 5. The summed E-state index contributed by atoms with van der Waals surface area (Å²) in [5, 5.41) is 9.10. The maximum absolute atomic E-state index is 13.8. The van der Waals surface area contributed by atoms with Gasteiger partial charge in [0.05, 0.1) is 5.69 Å². The van der Waals surface area contributed by atoms with E-state index in [1.165, 1.54) is 9.78 Å². The van der Waals surface area contributed by atoms with Crippen molar-refractivity contribution in [2.75, 3.05) is 32.7 Å². The molecule has 0 unspecified atom stereocenters. The van der Waals surface area contributed by atoms with Crippen LogP contribution >= 0.6 is 11.3 Å². The average molecular weight is 453 g/mol. The van der Waals surface area contributed by atoms with Gasteiger partial charge in [0, 0.05) is 37.6 Å². The van der Waals surface area contributed by atoms with Crippen LogP contribution in [-0.4, -0.2) is 63.4 Å². The van der Waals surface area contributed by atoms with Crippen molar-refractivity contribution >= 4 is 17.2 Å². The molecule has 1 aliphatic heterocycles. The van der Waals surface area contributed by atoms with E-state index in [-0.39, 0.29) is 5.69 Å². The fourth-order valence-electron chi connectivity index (χ4n) is 3.49. The molecule has 4 rings (SSSR count). The summed E-state index contributed by atoms with van der Waals surface area (Å²) in [7, 11) is 0. The van der Waals surface area contributed by atoms with Gasteiger partial charge >= 0.3 is 6.18 Å². The number of piperazine rings is 1. The number of hydrogen-bond donors (Lipinski definition) is 0. The summed E-state index contributed by atoms with van der Waals surface area (Å²) < 4.78 is 55.0. The first kappa shape index (κ1) is 21.4. The molecule has 0 atom stereocenters. The highest BCUT2D eigenvalue weighted by molar-refractivity contribution is 7.09. The van der Waals surface area contributed by atoms with Crippen LogP contribution in [0.25, 0.3) is 5.69 Å². The van der Waals surface area contributed by atoms with Gasteiger partial charge in [-0.25, -0.2) is 9.07 Å². The first-order valence-corrected chi connectivity index (χ1v) is 10.5. The van der Waals surface area contributed by atoms with E-state index in [1.807, 2.05) is 11.4 Å². The van der Waals surface area contributed by atoms with Gasteiger partial charge in [-0.2, -0.15) is 13.2 Å². The highest BCUT2D eigenvalue weighted by Gasteiger charge is 2.43. The zero-order valence-electron chi connectivity index (χ0n) is 16.3. The maximum Gasteiger partial charge on any atom is 0.435 e. The minimum atomic E-state index is -4.86. The third-order valence-electron chi connectivity index (χ3n) is 5.13. The molecule has 1 aromatic carbocycles. The van der Waals surface area contributed by atoms with Gasteiger partial charge in [0.1, 0.15) is 5.82 Å². The predicted octanol–water partition coefficient (Wildman–Crippen LogP) is 3.49. The van der Waals surface area contributed by atoms with Gasteiger partial charge in [0.2, 0.25) is 0 Å². The smallest absolute Gasteiger partial charge is 0.335 e. The molecular weight excluding hydrogens is 434 g/mol. The van der Waals surface area contributed by atoms with Crippen LogP contribution in [-0.2, 0) is 12.6 Å². The van der Waals surface area contributed by atoms with Crippen molar-refractivity contribution in [3.8, 4) is 5.69 Å².